The lowest BCUT2D eigenvalue weighted by Crippen LogP contribution is -2.23. The largest absolute Gasteiger partial charge is 0.377 e. The van der Waals surface area contributed by atoms with Crippen LogP contribution in [-0.4, -0.2) is 35.8 Å². The fourth-order valence-electron chi connectivity index (χ4n) is 3.60. The lowest BCUT2D eigenvalue weighted by molar-refractivity contribution is 0.0788. The number of aryl methyl sites for hydroxylation is 1. The number of rotatable bonds is 5. The van der Waals surface area contributed by atoms with E-state index in [4.69, 9.17) is 9.72 Å². The molecule has 26 heavy (non-hydrogen) atoms. The molecule has 3 heterocycles. The van der Waals surface area contributed by atoms with Crippen molar-refractivity contribution in [3.63, 3.8) is 0 Å². The zero-order valence-electron chi connectivity index (χ0n) is 15.3. The molecule has 1 unspecified atom stereocenters. The van der Waals surface area contributed by atoms with Crippen LogP contribution in [0.3, 0.4) is 0 Å². The minimum atomic E-state index is 0.329. The van der Waals surface area contributed by atoms with Gasteiger partial charge in [-0.15, -0.1) is 0 Å². The topological polar surface area (TPSA) is 50.3 Å². The first-order valence-electron chi connectivity index (χ1n) is 9.18. The Labute approximate surface area is 154 Å². The van der Waals surface area contributed by atoms with Crippen molar-refractivity contribution >= 4 is 28.0 Å². The number of hydrogen-bond donors (Lipinski definition) is 1. The molecule has 1 aliphatic rings. The molecule has 1 fully saturated rings. The highest BCUT2D eigenvalue weighted by molar-refractivity contribution is 5.94. The minimum absolute atomic E-state index is 0.329. The Bertz CT molecular complexity index is 897. The SMILES string of the molecule is CCOC1CCN(c2cc(C)nc3cc(Nc4cccnc4)ccc23)C1. The summed E-state index contributed by atoms with van der Waals surface area (Å²) in [6.07, 6.45) is 5.00. The molecule has 0 amide bonds. The molecule has 134 valence electrons. The summed E-state index contributed by atoms with van der Waals surface area (Å²) in [5.41, 5.74) is 5.28. The third kappa shape index (κ3) is 3.48. The summed E-state index contributed by atoms with van der Waals surface area (Å²) in [7, 11) is 0. The molecule has 1 atom stereocenters. The van der Waals surface area contributed by atoms with Crippen LogP contribution >= 0.6 is 0 Å². The van der Waals surface area contributed by atoms with Crippen molar-refractivity contribution in [3.05, 3.63) is 54.5 Å². The van der Waals surface area contributed by atoms with Gasteiger partial charge in [-0.05, 0) is 56.7 Å². The van der Waals surface area contributed by atoms with Crippen molar-refractivity contribution in [1.82, 2.24) is 9.97 Å². The number of fused-ring (bicyclic) bond motifs is 1. The minimum Gasteiger partial charge on any atom is -0.377 e. The standard InChI is InChI=1S/C21H24N4O/c1-3-26-18-8-10-25(14-18)21-11-15(2)23-20-12-16(6-7-19(20)21)24-17-5-4-9-22-13-17/h4-7,9,11-13,18,24H,3,8,10,14H2,1-2H3. The van der Waals surface area contributed by atoms with E-state index < -0.39 is 0 Å². The van der Waals surface area contributed by atoms with Gasteiger partial charge in [0.1, 0.15) is 0 Å². The Morgan fingerprint density at radius 3 is 2.96 bits per heavy atom. The van der Waals surface area contributed by atoms with Gasteiger partial charge in [0, 0.05) is 48.3 Å². The Kier molecular flexibility index (Phi) is 4.71. The van der Waals surface area contributed by atoms with Crippen molar-refractivity contribution in [2.75, 3.05) is 29.9 Å². The number of pyridine rings is 2. The van der Waals surface area contributed by atoms with E-state index in [-0.39, 0.29) is 0 Å². The van der Waals surface area contributed by atoms with Crippen molar-refractivity contribution in [2.45, 2.75) is 26.4 Å². The van der Waals surface area contributed by atoms with E-state index in [1.54, 1.807) is 6.20 Å². The molecular weight excluding hydrogens is 324 g/mol. The number of ether oxygens (including phenoxy) is 1. The molecule has 4 rings (SSSR count). The van der Waals surface area contributed by atoms with Crippen LogP contribution in [0.25, 0.3) is 10.9 Å². The van der Waals surface area contributed by atoms with Gasteiger partial charge in [0.05, 0.1) is 23.5 Å². The van der Waals surface area contributed by atoms with Crippen molar-refractivity contribution in [2.24, 2.45) is 0 Å². The molecule has 0 saturated carbocycles. The monoisotopic (exact) mass is 348 g/mol. The normalized spacial score (nSPS) is 17.0. The maximum atomic E-state index is 5.81. The first kappa shape index (κ1) is 16.8. The number of nitrogens with one attached hydrogen (secondary N) is 1. The summed E-state index contributed by atoms with van der Waals surface area (Å²) in [4.78, 5) is 11.3. The van der Waals surface area contributed by atoms with Crippen LogP contribution in [0.15, 0.2) is 48.8 Å². The highest BCUT2D eigenvalue weighted by atomic mass is 16.5. The smallest absolute Gasteiger partial charge is 0.0766 e. The molecule has 1 saturated heterocycles. The Hall–Kier alpha value is -2.66. The fourth-order valence-corrected chi connectivity index (χ4v) is 3.60. The van der Waals surface area contributed by atoms with E-state index in [1.807, 2.05) is 18.3 Å². The van der Waals surface area contributed by atoms with E-state index in [2.05, 4.69) is 53.3 Å². The van der Waals surface area contributed by atoms with E-state index in [1.165, 1.54) is 11.1 Å². The van der Waals surface area contributed by atoms with Crippen molar-refractivity contribution < 1.29 is 4.74 Å². The number of aromatic nitrogens is 2. The van der Waals surface area contributed by atoms with Crippen LogP contribution in [0.1, 0.15) is 19.0 Å². The second-order valence-electron chi connectivity index (χ2n) is 6.69. The maximum absolute atomic E-state index is 5.81. The molecule has 0 radical (unpaired) electrons. The summed E-state index contributed by atoms with van der Waals surface area (Å²) in [5.74, 6) is 0. The van der Waals surface area contributed by atoms with Gasteiger partial charge >= 0.3 is 0 Å². The van der Waals surface area contributed by atoms with Gasteiger partial charge < -0.3 is 15.0 Å². The third-order valence-electron chi connectivity index (χ3n) is 4.75. The summed E-state index contributed by atoms with van der Waals surface area (Å²) < 4.78 is 5.81. The van der Waals surface area contributed by atoms with Gasteiger partial charge in [0.15, 0.2) is 0 Å². The second kappa shape index (κ2) is 7.30. The maximum Gasteiger partial charge on any atom is 0.0766 e. The first-order valence-corrected chi connectivity index (χ1v) is 9.18. The molecular formula is C21H24N4O. The first-order chi connectivity index (χ1) is 12.7. The van der Waals surface area contributed by atoms with Gasteiger partial charge in [-0.25, -0.2) is 0 Å². The van der Waals surface area contributed by atoms with Gasteiger partial charge in [-0.1, -0.05) is 0 Å². The quantitative estimate of drug-likeness (QED) is 0.745. The van der Waals surface area contributed by atoms with Crippen LogP contribution in [0.2, 0.25) is 0 Å². The Morgan fingerprint density at radius 1 is 1.23 bits per heavy atom. The van der Waals surface area contributed by atoms with Gasteiger partial charge in [-0.3, -0.25) is 9.97 Å². The second-order valence-corrected chi connectivity index (χ2v) is 6.69. The average Bonchev–Trinajstić information content (AvgIpc) is 3.10. The number of anilines is 3. The summed E-state index contributed by atoms with van der Waals surface area (Å²) >= 11 is 0. The van der Waals surface area contributed by atoms with E-state index in [0.29, 0.717) is 6.10 Å². The molecule has 3 aromatic rings. The average molecular weight is 348 g/mol. The summed E-state index contributed by atoms with van der Waals surface area (Å²) in [6, 6.07) is 12.5. The lowest BCUT2D eigenvalue weighted by atomic mass is 10.1. The third-order valence-corrected chi connectivity index (χ3v) is 4.75. The summed E-state index contributed by atoms with van der Waals surface area (Å²) in [5, 5.41) is 4.58. The van der Waals surface area contributed by atoms with E-state index in [0.717, 1.165) is 48.7 Å². The molecule has 1 N–H and O–H groups in total. The van der Waals surface area contributed by atoms with E-state index >= 15 is 0 Å². The zero-order chi connectivity index (χ0) is 17.9. The molecule has 1 aromatic carbocycles. The molecule has 0 spiro atoms. The predicted molar refractivity (Wildman–Crippen MR) is 106 cm³/mol. The Balaban J connectivity index is 1.65. The van der Waals surface area contributed by atoms with Gasteiger partial charge in [0.2, 0.25) is 0 Å². The van der Waals surface area contributed by atoms with Gasteiger partial charge in [0.25, 0.3) is 0 Å². The molecule has 0 bridgehead atoms. The lowest BCUT2D eigenvalue weighted by Gasteiger charge is -2.21. The number of benzene rings is 1. The zero-order valence-corrected chi connectivity index (χ0v) is 15.3. The molecule has 1 aliphatic heterocycles. The van der Waals surface area contributed by atoms with Gasteiger partial charge in [-0.2, -0.15) is 0 Å². The van der Waals surface area contributed by atoms with Crippen LogP contribution in [0.4, 0.5) is 17.1 Å². The fraction of sp³-hybridized carbons (Fsp3) is 0.333. The molecule has 0 aliphatic carbocycles. The van der Waals surface area contributed by atoms with Crippen LogP contribution in [-0.2, 0) is 4.74 Å². The van der Waals surface area contributed by atoms with Crippen LogP contribution < -0.4 is 10.2 Å². The highest BCUT2D eigenvalue weighted by Crippen LogP contribution is 2.32. The van der Waals surface area contributed by atoms with Crippen LogP contribution in [0, 0.1) is 6.92 Å². The molecule has 5 nitrogen and oxygen atoms in total. The molecule has 5 heteroatoms. The number of nitrogens with zero attached hydrogens (tertiary/aromatic N) is 3. The predicted octanol–water partition coefficient (Wildman–Crippen LogP) is 4.30. The van der Waals surface area contributed by atoms with Crippen molar-refractivity contribution in [3.8, 4) is 0 Å². The van der Waals surface area contributed by atoms with Crippen LogP contribution in [0.5, 0.6) is 0 Å². The summed E-state index contributed by atoms with van der Waals surface area (Å²) in [6.45, 7) is 6.87. The Morgan fingerprint density at radius 2 is 2.15 bits per heavy atom. The highest BCUT2D eigenvalue weighted by Gasteiger charge is 2.24. The molecule has 2 aromatic heterocycles. The van der Waals surface area contributed by atoms with E-state index in [9.17, 15) is 0 Å². The number of hydrogen-bond acceptors (Lipinski definition) is 5. The van der Waals surface area contributed by atoms with Crippen molar-refractivity contribution in [1.29, 1.82) is 0 Å².